The van der Waals surface area contributed by atoms with Crippen LogP contribution in [0, 0.1) is 6.92 Å². The third kappa shape index (κ3) is 1.52. The first-order chi connectivity index (χ1) is 7.11. The second-order valence-corrected chi connectivity index (χ2v) is 3.90. The molecule has 0 spiro atoms. The predicted octanol–water partition coefficient (Wildman–Crippen LogP) is 1.68. The number of rotatable bonds is 1. The van der Waals surface area contributed by atoms with Gasteiger partial charge in [-0.25, -0.2) is 4.98 Å². The van der Waals surface area contributed by atoms with E-state index in [-0.39, 0.29) is 11.6 Å². The lowest BCUT2D eigenvalue weighted by atomic mass is 10.2. The molecule has 2 rings (SSSR count). The van der Waals surface area contributed by atoms with E-state index in [0.717, 1.165) is 5.56 Å². The summed E-state index contributed by atoms with van der Waals surface area (Å²) in [4.78, 5) is 20.3. The van der Waals surface area contributed by atoms with Crippen LogP contribution in [0.3, 0.4) is 0 Å². The van der Waals surface area contributed by atoms with Gasteiger partial charge in [0.15, 0.2) is 0 Å². The first-order valence-corrected chi connectivity index (χ1v) is 4.92. The van der Waals surface area contributed by atoms with Gasteiger partial charge in [0.05, 0.1) is 23.4 Å². The molecule has 0 bridgehead atoms. The molecule has 2 aromatic rings. The Morgan fingerprint density at radius 3 is 2.73 bits per heavy atom. The van der Waals surface area contributed by atoms with Gasteiger partial charge < -0.3 is 0 Å². The van der Waals surface area contributed by atoms with Gasteiger partial charge in [-0.3, -0.25) is 14.3 Å². The number of nitrogens with zero attached hydrogens (tertiary/aromatic N) is 3. The van der Waals surface area contributed by atoms with Gasteiger partial charge in [0.2, 0.25) is 0 Å². The van der Waals surface area contributed by atoms with Crippen molar-refractivity contribution in [2.24, 2.45) is 0 Å². The fourth-order valence-corrected chi connectivity index (χ4v) is 1.60. The second kappa shape index (κ2) is 3.46. The van der Waals surface area contributed by atoms with Crippen LogP contribution in [0.5, 0.6) is 0 Å². The monoisotopic (exact) mass is 203 g/mol. The summed E-state index contributed by atoms with van der Waals surface area (Å²) in [6.07, 6.45) is 4.89. The normalized spacial score (nSPS) is 11.2. The zero-order valence-corrected chi connectivity index (χ0v) is 9.06. The predicted molar refractivity (Wildman–Crippen MR) is 58.9 cm³/mol. The summed E-state index contributed by atoms with van der Waals surface area (Å²) in [5.41, 5.74) is 1.55. The minimum atomic E-state index is 0.00917. The van der Waals surface area contributed by atoms with Crippen molar-refractivity contribution in [1.29, 1.82) is 0 Å². The summed E-state index contributed by atoms with van der Waals surface area (Å²) >= 11 is 0. The zero-order chi connectivity index (χ0) is 11.0. The fourth-order valence-electron chi connectivity index (χ4n) is 1.60. The number of hydrogen-bond donors (Lipinski definition) is 0. The first-order valence-electron chi connectivity index (χ1n) is 4.92. The van der Waals surface area contributed by atoms with Crippen LogP contribution in [-0.2, 0) is 0 Å². The number of aryl methyl sites for hydroxylation is 1. The quantitative estimate of drug-likeness (QED) is 0.708. The van der Waals surface area contributed by atoms with Crippen LogP contribution < -0.4 is 5.56 Å². The van der Waals surface area contributed by atoms with Crippen molar-refractivity contribution < 1.29 is 0 Å². The lowest BCUT2D eigenvalue weighted by Gasteiger charge is -2.10. The molecule has 0 saturated heterocycles. The van der Waals surface area contributed by atoms with E-state index in [1.165, 1.54) is 0 Å². The molecule has 0 saturated carbocycles. The molecule has 0 fully saturated rings. The largest absolute Gasteiger partial charge is 0.296 e. The second-order valence-electron chi connectivity index (χ2n) is 3.90. The van der Waals surface area contributed by atoms with Crippen molar-refractivity contribution in [1.82, 2.24) is 14.5 Å². The summed E-state index contributed by atoms with van der Waals surface area (Å²) in [7, 11) is 0. The number of aromatic nitrogens is 3. The first kappa shape index (κ1) is 9.83. The zero-order valence-electron chi connectivity index (χ0n) is 9.06. The van der Waals surface area contributed by atoms with Crippen molar-refractivity contribution in [2.45, 2.75) is 26.8 Å². The highest BCUT2D eigenvalue weighted by Gasteiger charge is 2.08. The molecule has 0 radical (unpaired) electrons. The highest BCUT2D eigenvalue weighted by molar-refractivity contribution is 5.79. The topological polar surface area (TPSA) is 47.8 Å². The van der Waals surface area contributed by atoms with E-state index in [2.05, 4.69) is 9.97 Å². The van der Waals surface area contributed by atoms with Crippen molar-refractivity contribution in [3.8, 4) is 0 Å². The van der Waals surface area contributed by atoms with Crippen LogP contribution in [0.2, 0.25) is 0 Å². The molecule has 0 N–H and O–H groups in total. The maximum Gasteiger partial charge on any atom is 0.261 e. The van der Waals surface area contributed by atoms with Crippen molar-refractivity contribution in [2.75, 3.05) is 0 Å². The highest BCUT2D eigenvalue weighted by Crippen LogP contribution is 2.10. The van der Waals surface area contributed by atoms with Crippen LogP contribution in [0.15, 0.2) is 23.5 Å². The van der Waals surface area contributed by atoms with E-state index in [4.69, 9.17) is 0 Å². The summed E-state index contributed by atoms with van der Waals surface area (Å²) in [6, 6.07) is 0.127. The molecule has 0 unspecified atom stereocenters. The maximum atomic E-state index is 12.1. The van der Waals surface area contributed by atoms with Crippen molar-refractivity contribution in [3.63, 3.8) is 0 Å². The minimum Gasteiger partial charge on any atom is -0.296 e. The Balaban J connectivity index is 2.90. The van der Waals surface area contributed by atoms with Crippen molar-refractivity contribution in [3.05, 3.63) is 34.6 Å². The number of pyridine rings is 1. The Hall–Kier alpha value is -1.71. The Kier molecular flexibility index (Phi) is 2.26. The summed E-state index contributed by atoms with van der Waals surface area (Å²) < 4.78 is 1.63. The average molecular weight is 203 g/mol. The van der Waals surface area contributed by atoms with E-state index in [9.17, 15) is 4.79 Å². The standard InChI is InChI=1S/C11H13N3O/c1-7(2)14-6-13-9-5-12-4-8(3)10(9)11(14)15/h4-7H,1-3H3. The van der Waals surface area contributed by atoms with Gasteiger partial charge in [-0.05, 0) is 26.3 Å². The molecule has 0 amide bonds. The molecule has 15 heavy (non-hydrogen) atoms. The van der Waals surface area contributed by atoms with Crippen LogP contribution >= 0.6 is 0 Å². The van der Waals surface area contributed by atoms with Crippen molar-refractivity contribution >= 4 is 10.9 Å². The lowest BCUT2D eigenvalue weighted by Crippen LogP contribution is -2.22. The molecule has 4 nitrogen and oxygen atoms in total. The van der Waals surface area contributed by atoms with E-state index in [1.807, 2.05) is 20.8 Å². The molecule has 0 aliphatic rings. The van der Waals surface area contributed by atoms with E-state index in [1.54, 1.807) is 23.3 Å². The number of hydrogen-bond acceptors (Lipinski definition) is 3. The molecular weight excluding hydrogens is 190 g/mol. The molecule has 2 heterocycles. The highest BCUT2D eigenvalue weighted by atomic mass is 16.1. The fraction of sp³-hybridized carbons (Fsp3) is 0.364. The molecule has 0 aliphatic heterocycles. The van der Waals surface area contributed by atoms with Gasteiger partial charge in [0.25, 0.3) is 5.56 Å². The Morgan fingerprint density at radius 2 is 2.07 bits per heavy atom. The van der Waals surface area contributed by atoms with Gasteiger partial charge >= 0.3 is 0 Å². The molecule has 4 heteroatoms. The van der Waals surface area contributed by atoms with Gasteiger partial charge in [0, 0.05) is 12.2 Å². The molecule has 0 atom stereocenters. The SMILES string of the molecule is Cc1cncc2ncn(C(C)C)c(=O)c12. The van der Waals surface area contributed by atoms with E-state index >= 15 is 0 Å². The molecule has 0 aromatic carbocycles. The van der Waals surface area contributed by atoms with Crippen LogP contribution in [0.4, 0.5) is 0 Å². The van der Waals surface area contributed by atoms with Gasteiger partial charge in [-0.1, -0.05) is 0 Å². The molecular formula is C11H13N3O. The van der Waals surface area contributed by atoms with Gasteiger partial charge in [0.1, 0.15) is 0 Å². The summed E-state index contributed by atoms with van der Waals surface area (Å²) in [5, 5.41) is 0.668. The average Bonchev–Trinajstić information content (AvgIpc) is 2.17. The van der Waals surface area contributed by atoms with Crippen LogP contribution in [-0.4, -0.2) is 14.5 Å². The number of fused-ring (bicyclic) bond motifs is 1. The lowest BCUT2D eigenvalue weighted by molar-refractivity contribution is 0.573. The van der Waals surface area contributed by atoms with Gasteiger partial charge in [-0.2, -0.15) is 0 Å². The molecule has 78 valence electrons. The van der Waals surface area contributed by atoms with Crippen LogP contribution in [0.25, 0.3) is 10.9 Å². The Morgan fingerprint density at radius 1 is 1.33 bits per heavy atom. The molecule has 2 aromatic heterocycles. The van der Waals surface area contributed by atoms with E-state index in [0.29, 0.717) is 10.9 Å². The summed E-state index contributed by atoms with van der Waals surface area (Å²) in [6.45, 7) is 5.81. The third-order valence-corrected chi connectivity index (χ3v) is 2.44. The van der Waals surface area contributed by atoms with E-state index < -0.39 is 0 Å². The summed E-state index contributed by atoms with van der Waals surface area (Å²) in [5.74, 6) is 0. The Labute approximate surface area is 87.6 Å². The Bertz CT molecular complexity index is 557. The molecule has 0 aliphatic carbocycles. The maximum absolute atomic E-state index is 12.1. The van der Waals surface area contributed by atoms with Crippen LogP contribution in [0.1, 0.15) is 25.5 Å². The van der Waals surface area contributed by atoms with Gasteiger partial charge in [-0.15, -0.1) is 0 Å². The third-order valence-electron chi connectivity index (χ3n) is 2.44. The minimum absolute atomic E-state index is 0.00917. The smallest absolute Gasteiger partial charge is 0.261 e.